The first-order valence-corrected chi connectivity index (χ1v) is 6.61. The van der Waals surface area contributed by atoms with Crippen LogP contribution in [0.1, 0.15) is 48.5 Å². The van der Waals surface area contributed by atoms with E-state index in [0.29, 0.717) is 12.3 Å². The van der Waals surface area contributed by atoms with Crippen molar-refractivity contribution in [3.63, 3.8) is 0 Å². The molecule has 0 aliphatic carbocycles. The highest BCUT2D eigenvalue weighted by atomic mass is 19.1. The highest BCUT2D eigenvalue weighted by Crippen LogP contribution is 2.30. The minimum Gasteiger partial charge on any atom is -0.300 e. The van der Waals surface area contributed by atoms with Gasteiger partial charge in [0, 0.05) is 12.6 Å². The summed E-state index contributed by atoms with van der Waals surface area (Å²) in [5.41, 5.74) is 1.11. The number of hydrogen-bond donors (Lipinski definition) is 0. The fourth-order valence-corrected chi connectivity index (χ4v) is 2.76. The predicted molar refractivity (Wildman–Crippen MR) is 70.5 cm³/mol. The number of piperidine rings is 1. The Kier molecular flexibility index (Phi) is 4.12. The molecule has 1 aliphatic heterocycles. The molecule has 0 aromatic heterocycles. The molecule has 1 fully saturated rings. The van der Waals surface area contributed by atoms with E-state index in [9.17, 15) is 9.18 Å². The van der Waals surface area contributed by atoms with Crippen LogP contribution in [0, 0.1) is 5.82 Å². The molecular weight excluding hydrogens is 229 g/mol. The first-order valence-electron chi connectivity index (χ1n) is 6.61. The number of halogens is 1. The number of carbonyl (C=O) groups is 1. The summed E-state index contributed by atoms with van der Waals surface area (Å²) in [4.78, 5) is 13.4. The smallest absolute Gasteiger partial charge is 0.153 e. The number of benzene rings is 1. The largest absolute Gasteiger partial charge is 0.300 e. The van der Waals surface area contributed by atoms with Crippen LogP contribution in [0.15, 0.2) is 18.2 Å². The second kappa shape index (κ2) is 5.61. The minimum absolute atomic E-state index is 0.244. The third-order valence-corrected chi connectivity index (χ3v) is 3.83. The molecule has 1 unspecified atom stereocenters. The number of rotatable bonds is 3. The van der Waals surface area contributed by atoms with Gasteiger partial charge in [-0.25, -0.2) is 4.39 Å². The van der Waals surface area contributed by atoms with Crippen molar-refractivity contribution in [1.29, 1.82) is 0 Å². The van der Waals surface area contributed by atoms with Crippen molar-refractivity contribution in [2.75, 3.05) is 13.1 Å². The first-order chi connectivity index (χ1) is 8.63. The Morgan fingerprint density at radius 3 is 2.89 bits per heavy atom. The summed E-state index contributed by atoms with van der Waals surface area (Å²) in [6, 6.07) is 5.45. The molecular formula is C15H20FNO. The van der Waals surface area contributed by atoms with Gasteiger partial charge < -0.3 is 4.90 Å². The molecule has 0 saturated carbocycles. The zero-order chi connectivity index (χ0) is 13.1. The van der Waals surface area contributed by atoms with Crippen LogP contribution in [0.2, 0.25) is 0 Å². The Morgan fingerprint density at radius 1 is 1.44 bits per heavy atom. The second-order valence-corrected chi connectivity index (χ2v) is 5.29. The predicted octanol–water partition coefficient (Wildman–Crippen LogP) is 3.23. The van der Waals surface area contributed by atoms with Crippen LogP contribution in [0.3, 0.4) is 0 Å². The summed E-state index contributed by atoms with van der Waals surface area (Å²) in [7, 11) is 0. The van der Waals surface area contributed by atoms with E-state index in [1.54, 1.807) is 6.07 Å². The SMILES string of the molecule is CC(C)N1CCCC(c2cccc(F)c2C=O)C1. The Morgan fingerprint density at radius 2 is 2.22 bits per heavy atom. The van der Waals surface area contributed by atoms with E-state index >= 15 is 0 Å². The van der Waals surface area contributed by atoms with Crippen LogP contribution in [0.25, 0.3) is 0 Å². The lowest BCUT2D eigenvalue weighted by Gasteiger charge is -2.36. The number of nitrogens with zero attached hydrogens (tertiary/aromatic N) is 1. The van der Waals surface area contributed by atoms with Crippen LogP contribution in [0.5, 0.6) is 0 Å². The molecule has 0 bridgehead atoms. The lowest BCUT2D eigenvalue weighted by molar-refractivity contribution is 0.111. The lowest BCUT2D eigenvalue weighted by atomic mass is 9.87. The van der Waals surface area contributed by atoms with Crippen molar-refractivity contribution >= 4 is 6.29 Å². The molecule has 0 spiro atoms. The van der Waals surface area contributed by atoms with Crippen molar-refractivity contribution in [1.82, 2.24) is 4.90 Å². The quantitative estimate of drug-likeness (QED) is 0.767. The molecule has 98 valence electrons. The average molecular weight is 249 g/mol. The van der Waals surface area contributed by atoms with Crippen LogP contribution >= 0.6 is 0 Å². The van der Waals surface area contributed by atoms with Gasteiger partial charge in [-0.2, -0.15) is 0 Å². The third kappa shape index (κ3) is 2.61. The molecule has 0 N–H and O–H groups in total. The Bertz CT molecular complexity index is 431. The van der Waals surface area contributed by atoms with Gasteiger partial charge in [0.2, 0.25) is 0 Å². The summed E-state index contributed by atoms with van der Waals surface area (Å²) in [5, 5.41) is 0. The van der Waals surface area contributed by atoms with E-state index in [-0.39, 0.29) is 11.5 Å². The molecule has 18 heavy (non-hydrogen) atoms. The summed E-state index contributed by atoms with van der Waals surface area (Å²) >= 11 is 0. The average Bonchev–Trinajstić information content (AvgIpc) is 2.38. The van der Waals surface area contributed by atoms with Crippen LogP contribution < -0.4 is 0 Å². The summed E-state index contributed by atoms with van der Waals surface area (Å²) < 4.78 is 13.6. The molecule has 1 heterocycles. The van der Waals surface area contributed by atoms with Crippen LogP contribution in [0.4, 0.5) is 4.39 Å². The molecule has 3 heteroatoms. The van der Waals surface area contributed by atoms with Crippen LogP contribution in [-0.4, -0.2) is 30.3 Å². The zero-order valence-corrected chi connectivity index (χ0v) is 11.0. The van der Waals surface area contributed by atoms with Gasteiger partial charge >= 0.3 is 0 Å². The minimum atomic E-state index is -0.399. The van der Waals surface area contributed by atoms with E-state index in [0.717, 1.165) is 31.5 Å². The molecule has 2 nitrogen and oxygen atoms in total. The van der Waals surface area contributed by atoms with Crippen molar-refractivity contribution in [2.24, 2.45) is 0 Å². The molecule has 1 saturated heterocycles. The van der Waals surface area contributed by atoms with Crippen molar-refractivity contribution in [2.45, 2.75) is 38.6 Å². The maximum absolute atomic E-state index is 13.6. The van der Waals surface area contributed by atoms with E-state index < -0.39 is 5.82 Å². The van der Waals surface area contributed by atoms with E-state index in [2.05, 4.69) is 18.7 Å². The fourth-order valence-electron chi connectivity index (χ4n) is 2.76. The van der Waals surface area contributed by atoms with Gasteiger partial charge in [0.15, 0.2) is 6.29 Å². The molecule has 0 radical (unpaired) electrons. The number of likely N-dealkylation sites (tertiary alicyclic amines) is 1. The number of carbonyl (C=O) groups excluding carboxylic acids is 1. The van der Waals surface area contributed by atoms with Gasteiger partial charge in [0.1, 0.15) is 5.82 Å². The topological polar surface area (TPSA) is 20.3 Å². The summed E-state index contributed by atoms with van der Waals surface area (Å²) in [6.45, 7) is 6.37. The first kappa shape index (κ1) is 13.2. The van der Waals surface area contributed by atoms with Gasteiger partial charge in [-0.1, -0.05) is 12.1 Å². The second-order valence-electron chi connectivity index (χ2n) is 5.29. The molecule has 0 amide bonds. The highest BCUT2D eigenvalue weighted by molar-refractivity contribution is 5.78. The fraction of sp³-hybridized carbons (Fsp3) is 0.533. The van der Waals surface area contributed by atoms with Crippen LogP contribution in [-0.2, 0) is 0 Å². The lowest BCUT2D eigenvalue weighted by Crippen LogP contribution is -2.39. The zero-order valence-electron chi connectivity index (χ0n) is 11.0. The van der Waals surface area contributed by atoms with Gasteiger partial charge in [0.25, 0.3) is 0 Å². The normalized spacial score (nSPS) is 21.2. The molecule has 2 rings (SSSR count). The highest BCUT2D eigenvalue weighted by Gasteiger charge is 2.25. The Labute approximate surface area is 108 Å². The van der Waals surface area contributed by atoms with Gasteiger partial charge in [-0.15, -0.1) is 0 Å². The van der Waals surface area contributed by atoms with Gasteiger partial charge in [-0.3, -0.25) is 4.79 Å². The number of hydrogen-bond acceptors (Lipinski definition) is 2. The van der Waals surface area contributed by atoms with Gasteiger partial charge in [-0.05, 0) is 50.8 Å². The standard InChI is InChI=1S/C15H20FNO/c1-11(2)17-8-4-5-12(9-17)13-6-3-7-15(16)14(13)10-18/h3,6-7,10-12H,4-5,8-9H2,1-2H3. The monoisotopic (exact) mass is 249 g/mol. The maximum Gasteiger partial charge on any atom is 0.153 e. The van der Waals surface area contributed by atoms with Crippen molar-refractivity contribution in [3.8, 4) is 0 Å². The maximum atomic E-state index is 13.6. The van der Waals surface area contributed by atoms with Gasteiger partial charge in [0.05, 0.1) is 5.56 Å². The molecule has 1 aliphatic rings. The van der Waals surface area contributed by atoms with E-state index in [1.807, 2.05) is 6.07 Å². The Balaban J connectivity index is 2.26. The van der Waals surface area contributed by atoms with Crippen molar-refractivity contribution < 1.29 is 9.18 Å². The van der Waals surface area contributed by atoms with E-state index in [4.69, 9.17) is 0 Å². The van der Waals surface area contributed by atoms with E-state index in [1.165, 1.54) is 6.07 Å². The van der Waals surface area contributed by atoms with Crippen molar-refractivity contribution in [3.05, 3.63) is 35.1 Å². The summed E-state index contributed by atoms with van der Waals surface area (Å²) in [6.07, 6.45) is 2.80. The molecule has 1 aromatic rings. The molecule has 1 atom stereocenters. The third-order valence-electron chi connectivity index (χ3n) is 3.83. The Hall–Kier alpha value is -1.22. The summed E-state index contributed by atoms with van der Waals surface area (Å²) in [5.74, 6) is -0.124. The molecule has 1 aromatic carbocycles. The number of aldehydes is 1.